The van der Waals surface area contributed by atoms with E-state index in [0.717, 1.165) is 55.6 Å². The fourth-order valence-corrected chi connectivity index (χ4v) is 10.3. The molecule has 1 N–H and O–H groups in total. The largest absolute Gasteiger partial charge is 0.395 e. The van der Waals surface area contributed by atoms with Gasteiger partial charge in [0.1, 0.15) is 0 Å². The van der Waals surface area contributed by atoms with Crippen LogP contribution in [0.15, 0.2) is 11.6 Å². The number of aliphatic hydroxyl groups is 1. The number of ether oxygens (including phenoxy) is 2. The van der Waals surface area contributed by atoms with Gasteiger partial charge in [0, 0.05) is 13.2 Å². The van der Waals surface area contributed by atoms with Crippen molar-refractivity contribution in [2.45, 2.75) is 182 Å². The molecule has 4 heteroatoms. The summed E-state index contributed by atoms with van der Waals surface area (Å²) in [7, 11) is 3.90. The lowest BCUT2D eigenvalue weighted by Gasteiger charge is -2.58. The van der Waals surface area contributed by atoms with E-state index in [9.17, 15) is 0 Å². The standard InChI is InChI=1S/C34H60O.C9H21NO2/c1-6-7-8-9-10-13-24-35-29-20-22-34(5)28(25-29)16-18-30-31-19-17-27(15-12-11-14-26(2)3)33(31,4)23-21-32(30)34;1-4-5-6-12-8-9(7-11)10(2)3/h16,26-27,29-32H,6-15,17-25H2,1-5H3;9,11H,4-8H2,1-3H3. The summed E-state index contributed by atoms with van der Waals surface area (Å²) in [6.45, 7) is 17.2. The van der Waals surface area contributed by atoms with Crippen molar-refractivity contribution in [1.82, 2.24) is 4.90 Å². The third kappa shape index (κ3) is 11.8. The zero-order valence-corrected chi connectivity index (χ0v) is 32.8. The number of hydrogen-bond acceptors (Lipinski definition) is 4. The quantitative estimate of drug-likeness (QED) is 0.104. The molecule has 0 radical (unpaired) electrons. The van der Waals surface area contributed by atoms with Crippen LogP contribution in [0.2, 0.25) is 0 Å². The second-order valence-corrected chi connectivity index (χ2v) is 17.5. The second kappa shape index (κ2) is 21.1. The van der Waals surface area contributed by atoms with Gasteiger partial charge in [-0.05, 0) is 125 Å². The first-order valence-electron chi connectivity index (χ1n) is 20.8. The van der Waals surface area contributed by atoms with Gasteiger partial charge in [-0.2, -0.15) is 0 Å². The highest BCUT2D eigenvalue weighted by Gasteiger charge is 2.58. The van der Waals surface area contributed by atoms with Gasteiger partial charge in [-0.3, -0.25) is 0 Å². The van der Waals surface area contributed by atoms with Crippen molar-refractivity contribution in [1.29, 1.82) is 0 Å². The second-order valence-electron chi connectivity index (χ2n) is 17.5. The summed E-state index contributed by atoms with van der Waals surface area (Å²) in [5.41, 5.74) is 2.90. The minimum absolute atomic E-state index is 0.141. The molecule has 4 aliphatic rings. The molecule has 276 valence electrons. The summed E-state index contributed by atoms with van der Waals surface area (Å²) in [4.78, 5) is 1.98. The Hall–Kier alpha value is -0.420. The Labute approximate surface area is 293 Å². The van der Waals surface area contributed by atoms with E-state index >= 15 is 0 Å². The summed E-state index contributed by atoms with van der Waals surface area (Å²) < 4.78 is 11.8. The first-order valence-corrected chi connectivity index (χ1v) is 20.8. The van der Waals surface area contributed by atoms with Gasteiger partial charge in [0.25, 0.3) is 0 Å². The van der Waals surface area contributed by atoms with Gasteiger partial charge in [0.2, 0.25) is 0 Å². The van der Waals surface area contributed by atoms with Gasteiger partial charge in [0.15, 0.2) is 0 Å². The van der Waals surface area contributed by atoms with E-state index in [-0.39, 0.29) is 12.6 Å². The van der Waals surface area contributed by atoms with Crippen LogP contribution >= 0.6 is 0 Å². The molecule has 0 aromatic heterocycles. The number of likely N-dealkylation sites (N-methyl/N-ethyl adjacent to an activating group) is 1. The zero-order valence-electron chi connectivity index (χ0n) is 32.8. The lowest BCUT2D eigenvalue weighted by molar-refractivity contribution is -0.0589. The van der Waals surface area contributed by atoms with Crippen LogP contribution in [0.25, 0.3) is 0 Å². The van der Waals surface area contributed by atoms with Crippen LogP contribution in [0.1, 0.15) is 170 Å². The number of hydrogen-bond donors (Lipinski definition) is 1. The van der Waals surface area contributed by atoms with Crippen LogP contribution in [-0.2, 0) is 9.47 Å². The van der Waals surface area contributed by atoms with E-state index < -0.39 is 0 Å². The van der Waals surface area contributed by atoms with Crippen LogP contribution in [0, 0.1) is 40.4 Å². The monoisotopic (exact) mass is 660 g/mol. The number of aliphatic hydroxyl groups excluding tert-OH is 1. The molecule has 8 atom stereocenters. The molecule has 4 nitrogen and oxygen atoms in total. The van der Waals surface area contributed by atoms with Crippen LogP contribution < -0.4 is 0 Å². The van der Waals surface area contributed by atoms with Gasteiger partial charge in [-0.15, -0.1) is 0 Å². The van der Waals surface area contributed by atoms with Crippen molar-refractivity contribution in [3.8, 4) is 0 Å². The van der Waals surface area contributed by atoms with Crippen LogP contribution in [0.3, 0.4) is 0 Å². The fourth-order valence-electron chi connectivity index (χ4n) is 10.3. The molecule has 4 rings (SSSR count). The molecule has 3 saturated carbocycles. The molecule has 8 unspecified atom stereocenters. The van der Waals surface area contributed by atoms with Gasteiger partial charge in [0.05, 0.1) is 25.4 Å². The first kappa shape index (κ1) is 41.0. The van der Waals surface area contributed by atoms with Crippen molar-refractivity contribution in [2.24, 2.45) is 40.4 Å². The average Bonchev–Trinajstić information content (AvgIpc) is 3.38. The minimum atomic E-state index is 0.141. The number of nitrogens with zero attached hydrogens (tertiary/aromatic N) is 1. The SMILES string of the molecule is CCCCCCCCOC1CCC2(C)C(=CCC3C2CCC2(C)C(CCCCC(C)C)CCC32)C1.CCCCOCC(CO)N(C)C. The third-order valence-corrected chi connectivity index (χ3v) is 13.6. The smallest absolute Gasteiger partial charge is 0.0644 e. The lowest BCUT2D eigenvalue weighted by Crippen LogP contribution is -2.50. The predicted octanol–water partition coefficient (Wildman–Crippen LogP) is 11.3. The molecule has 47 heavy (non-hydrogen) atoms. The van der Waals surface area contributed by atoms with Crippen LogP contribution in [0.5, 0.6) is 0 Å². The lowest BCUT2D eigenvalue weighted by atomic mass is 9.47. The van der Waals surface area contributed by atoms with Gasteiger partial charge < -0.3 is 19.5 Å². The van der Waals surface area contributed by atoms with E-state index in [4.69, 9.17) is 14.6 Å². The Bertz CT molecular complexity index is 871. The van der Waals surface area contributed by atoms with E-state index in [1.165, 1.54) is 116 Å². The molecule has 0 amide bonds. The molecule has 3 fully saturated rings. The summed E-state index contributed by atoms with van der Waals surface area (Å²) in [5, 5.41) is 8.93. The number of unbranched alkanes of at least 4 members (excludes halogenated alkanes) is 7. The summed E-state index contributed by atoms with van der Waals surface area (Å²) in [5.74, 6) is 4.78. The fraction of sp³-hybridized carbons (Fsp3) is 0.953. The summed E-state index contributed by atoms with van der Waals surface area (Å²) in [6, 6.07) is 0.141. The highest BCUT2D eigenvalue weighted by Crippen LogP contribution is 2.66. The number of fused-ring (bicyclic) bond motifs is 5. The van der Waals surface area contributed by atoms with Gasteiger partial charge in [-0.25, -0.2) is 0 Å². The Morgan fingerprint density at radius 2 is 1.60 bits per heavy atom. The van der Waals surface area contributed by atoms with Crippen molar-refractivity contribution < 1.29 is 14.6 Å². The number of rotatable bonds is 20. The zero-order chi connectivity index (χ0) is 34.3. The molecular formula is C43H81NO3. The Morgan fingerprint density at radius 3 is 2.30 bits per heavy atom. The Kier molecular flexibility index (Phi) is 18.4. The van der Waals surface area contributed by atoms with E-state index in [1.807, 2.05) is 19.0 Å². The minimum Gasteiger partial charge on any atom is -0.395 e. The normalized spacial score (nSPS) is 32.3. The first-order chi connectivity index (χ1) is 22.6. The van der Waals surface area contributed by atoms with Gasteiger partial charge >= 0.3 is 0 Å². The Balaban J connectivity index is 0.000000426. The molecule has 0 aromatic rings. The third-order valence-electron chi connectivity index (χ3n) is 13.6. The van der Waals surface area contributed by atoms with Gasteiger partial charge in [-0.1, -0.05) is 111 Å². The maximum Gasteiger partial charge on any atom is 0.0644 e. The maximum atomic E-state index is 8.93. The summed E-state index contributed by atoms with van der Waals surface area (Å²) >= 11 is 0. The molecule has 0 spiro atoms. The maximum absolute atomic E-state index is 8.93. The van der Waals surface area contributed by atoms with Crippen LogP contribution in [0.4, 0.5) is 0 Å². The van der Waals surface area contributed by atoms with E-state index in [2.05, 4.69) is 47.6 Å². The van der Waals surface area contributed by atoms with Crippen molar-refractivity contribution in [2.75, 3.05) is 40.5 Å². The van der Waals surface area contributed by atoms with Crippen LogP contribution in [-0.4, -0.2) is 62.7 Å². The van der Waals surface area contributed by atoms with E-state index in [1.54, 1.807) is 5.57 Å². The summed E-state index contributed by atoms with van der Waals surface area (Å²) in [6.07, 6.45) is 30.9. The van der Waals surface area contributed by atoms with Crippen molar-refractivity contribution in [3.05, 3.63) is 11.6 Å². The topological polar surface area (TPSA) is 41.9 Å². The highest BCUT2D eigenvalue weighted by molar-refractivity contribution is 5.25. The average molecular weight is 660 g/mol. The van der Waals surface area contributed by atoms with Crippen molar-refractivity contribution >= 4 is 0 Å². The molecule has 0 saturated heterocycles. The molecule has 0 bridgehead atoms. The van der Waals surface area contributed by atoms with E-state index in [0.29, 0.717) is 23.5 Å². The molecular weight excluding hydrogens is 578 g/mol. The highest BCUT2D eigenvalue weighted by atomic mass is 16.5. The molecule has 0 aliphatic heterocycles. The predicted molar refractivity (Wildman–Crippen MR) is 202 cm³/mol. The molecule has 0 aromatic carbocycles. The molecule has 4 aliphatic carbocycles. The van der Waals surface area contributed by atoms with Crippen molar-refractivity contribution in [3.63, 3.8) is 0 Å². The molecule has 0 heterocycles. The Morgan fingerprint density at radius 1 is 0.851 bits per heavy atom. The number of allylic oxidation sites excluding steroid dienone is 1.